The van der Waals surface area contributed by atoms with Gasteiger partial charge in [-0.2, -0.15) is 5.01 Å². The van der Waals surface area contributed by atoms with Gasteiger partial charge in [-0.1, -0.05) is 0 Å². The molecule has 0 saturated heterocycles. The Morgan fingerprint density at radius 2 is 1.86 bits per heavy atom. The highest BCUT2D eigenvalue weighted by Crippen LogP contribution is 2.17. The molecular formula is C9H13N3O2. The minimum Gasteiger partial charge on any atom is -0.691 e. The van der Waals surface area contributed by atoms with Gasteiger partial charge < -0.3 is 9.94 Å². The predicted molar refractivity (Wildman–Crippen MR) is 52.4 cm³/mol. The molecule has 0 fully saturated rings. The number of hydrogen-bond donors (Lipinski definition) is 0. The second kappa shape index (κ2) is 4.45. The SMILES string of the molecule is COc1ccc([N+]([O-])=NN(C)C)cc1. The van der Waals surface area contributed by atoms with E-state index < -0.39 is 0 Å². The van der Waals surface area contributed by atoms with Crippen LogP contribution in [0.3, 0.4) is 0 Å². The van der Waals surface area contributed by atoms with Gasteiger partial charge in [0.25, 0.3) is 0 Å². The number of nitrogens with zero attached hydrogens (tertiary/aromatic N) is 3. The first-order valence-corrected chi connectivity index (χ1v) is 4.13. The number of rotatable bonds is 3. The van der Waals surface area contributed by atoms with E-state index in [4.69, 9.17) is 4.74 Å². The van der Waals surface area contributed by atoms with Crippen molar-refractivity contribution in [3.8, 4) is 5.75 Å². The molecule has 0 N–H and O–H groups in total. The first-order valence-electron chi connectivity index (χ1n) is 4.13. The Balaban J connectivity index is 2.86. The van der Waals surface area contributed by atoms with Crippen LogP contribution in [0.5, 0.6) is 5.75 Å². The third-order valence-corrected chi connectivity index (χ3v) is 1.55. The molecule has 0 aliphatic carbocycles. The molecule has 1 aromatic carbocycles. The van der Waals surface area contributed by atoms with E-state index in [2.05, 4.69) is 5.22 Å². The maximum absolute atomic E-state index is 11.3. The first kappa shape index (κ1) is 10.3. The quantitative estimate of drug-likeness (QED) is 0.419. The summed E-state index contributed by atoms with van der Waals surface area (Å²) in [6.45, 7) is 0. The summed E-state index contributed by atoms with van der Waals surface area (Å²) in [5, 5.41) is 16.4. The predicted octanol–water partition coefficient (Wildman–Crippen LogP) is 1.77. The average Bonchev–Trinajstić information content (AvgIpc) is 2.17. The largest absolute Gasteiger partial charge is 0.691 e. The molecule has 76 valence electrons. The fraction of sp³-hybridized carbons (Fsp3) is 0.333. The van der Waals surface area contributed by atoms with Crippen LogP contribution in [0, 0.1) is 5.21 Å². The Bertz CT molecular complexity index is 319. The first-order chi connectivity index (χ1) is 6.63. The third kappa shape index (κ3) is 2.62. The van der Waals surface area contributed by atoms with Crippen molar-refractivity contribution in [2.75, 3.05) is 21.2 Å². The molecule has 14 heavy (non-hydrogen) atoms. The Morgan fingerprint density at radius 1 is 1.29 bits per heavy atom. The van der Waals surface area contributed by atoms with Gasteiger partial charge in [-0.15, -0.1) is 4.86 Å². The average molecular weight is 195 g/mol. The van der Waals surface area contributed by atoms with Gasteiger partial charge in [-0.3, -0.25) is 0 Å². The Hall–Kier alpha value is -1.78. The van der Waals surface area contributed by atoms with Crippen molar-refractivity contribution in [2.45, 2.75) is 0 Å². The van der Waals surface area contributed by atoms with Crippen molar-refractivity contribution in [3.05, 3.63) is 29.5 Å². The van der Waals surface area contributed by atoms with E-state index in [9.17, 15) is 5.21 Å². The van der Waals surface area contributed by atoms with Crippen molar-refractivity contribution >= 4 is 5.69 Å². The molecule has 0 bridgehead atoms. The molecular weight excluding hydrogens is 182 g/mol. The van der Waals surface area contributed by atoms with Gasteiger partial charge in [0.2, 0.25) is 0 Å². The van der Waals surface area contributed by atoms with E-state index in [1.54, 1.807) is 45.5 Å². The van der Waals surface area contributed by atoms with Crippen molar-refractivity contribution < 1.29 is 9.60 Å². The van der Waals surface area contributed by atoms with Crippen LogP contribution in [-0.2, 0) is 0 Å². The molecule has 1 aromatic rings. The highest BCUT2D eigenvalue weighted by Gasteiger charge is 1.99. The molecule has 0 unspecified atom stereocenters. The monoisotopic (exact) mass is 195 g/mol. The second-order valence-corrected chi connectivity index (χ2v) is 2.91. The number of hydrogen-bond acceptors (Lipinski definition) is 3. The van der Waals surface area contributed by atoms with Gasteiger partial charge in [-0.25, -0.2) is 0 Å². The Kier molecular flexibility index (Phi) is 3.28. The summed E-state index contributed by atoms with van der Waals surface area (Å²) in [4.78, 5) is 0.555. The molecule has 5 nitrogen and oxygen atoms in total. The molecule has 0 radical (unpaired) electrons. The maximum atomic E-state index is 11.3. The fourth-order valence-corrected chi connectivity index (χ4v) is 0.924. The summed E-state index contributed by atoms with van der Waals surface area (Å²) < 4.78 is 4.97. The summed E-state index contributed by atoms with van der Waals surface area (Å²) in [7, 11) is 4.96. The molecule has 0 aliphatic heterocycles. The van der Waals surface area contributed by atoms with E-state index in [0.717, 1.165) is 0 Å². The van der Waals surface area contributed by atoms with Gasteiger partial charge in [0.15, 0.2) is 5.69 Å². The molecule has 0 saturated carbocycles. The Labute approximate surface area is 82.8 Å². The lowest BCUT2D eigenvalue weighted by atomic mass is 10.3. The van der Waals surface area contributed by atoms with Gasteiger partial charge in [-0.05, 0) is 24.3 Å². The summed E-state index contributed by atoms with van der Waals surface area (Å²) in [5.41, 5.74) is 0.472. The second-order valence-electron chi connectivity index (χ2n) is 2.91. The molecule has 0 spiro atoms. The minimum absolute atomic E-state index is 0.472. The zero-order valence-corrected chi connectivity index (χ0v) is 8.47. The summed E-state index contributed by atoms with van der Waals surface area (Å²) in [6, 6.07) is 6.73. The summed E-state index contributed by atoms with van der Waals surface area (Å²) in [5.74, 6) is 0.715. The van der Waals surface area contributed by atoms with Crippen molar-refractivity contribution in [2.24, 2.45) is 5.22 Å². The van der Waals surface area contributed by atoms with Gasteiger partial charge in [0.1, 0.15) is 5.75 Å². The Morgan fingerprint density at radius 3 is 2.29 bits per heavy atom. The zero-order valence-electron chi connectivity index (χ0n) is 8.47. The smallest absolute Gasteiger partial charge is 0.154 e. The standard InChI is InChI=1S/C9H13N3O2/c1-11(2)10-12(13)8-4-6-9(14-3)7-5-8/h4-7H,1-3H3. The summed E-state index contributed by atoms with van der Waals surface area (Å²) >= 11 is 0. The molecule has 0 aromatic heterocycles. The molecule has 0 amide bonds. The van der Waals surface area contributed by atoms with E-state index in [-0.39, 0.29) is 0 Å². The maximum Gasteiger partial charge on any atom is 0.154 e. The normalized spacial score (nSPS) is 11.2. The third-order valence-electron chi connectivity index (χ3n) is 1.55. The van der Waals surface area contributed by atoms with E-state index >= 15 is 0 Å². The molecule has 0 aliphatic rings. The zero-order chi connectivity index (χ0) is 10.6. The van der Waals surface area contributed by atoms with Gasteiger partial charge >= 0.3 is 0 Å². The number of benzene rings is 1. The lowest BCUT2D eigenvalue weighted by molar-refractivity contribution is -0.459. The van der Waals surface area contributed by atoms with Crippen LogP contribution in [0.4, 0.5) is 5.69 Å². The fourth-order valence-electron chi connectivity index (χ4n) is 0.924. The van der Waals surface area contributed by atoms with Gasteiger partial charge in [0.05, 0.1) is 26.4 Å². The van der Waals surface area contributed by atoms with Crippen LogP contribution in [0.1, 0.15) is 0 Å². The van der Waals surface area contributed by atoms with Crippen LogP contribution in [0.15, 0.2) is 29.5 Å². The number of methoxy groups -OCH3 is 1. The van der Waals surface area contributed by atoms with Gasteiger partial charge in [0, 0.05) is 0 Å². The molecule has 1 rings (SSSR count). The van der Waals surface area contributed by atoms with E-state index in [0.29, 0.717) is 16.3 Å². The highest BCUT2D eigenvalue weighted by molar-refractivity contribution is 5.35. The lowest BCUT2D eigenvalue weighted by Crippen LogP contribution is -2.06. The number of ether oxygens (including phenoxy) is 1. The van der Waals surface area contributed by atoms with Crippen LogP contribution in [0.2, 0.25) is 0 Å². The lowest BCUT2D eigenvalue weighted by Gasteiger charge is -2.07. The topological polar surface area (TPSA) is 50.9 Å². The molecule has 0 heterocycles. The molecule has 0 atom stereocenters. The summed E-state index contributed by atoms with van der Waals surface area (Å²) in [6.07, 6.45) is 0. The van der Waals surface area contributed by atoms with Crippen LogP contribution in [-0.4, -0.2) is 31.1 Å². The van der Waals surface area contributed by atoms with Crippen LogP contribution >= 0.6 is 0 Å². The molecule has 5 heteroatoms. The van der Waals surface area contributed by atoms with Crippen molar-refractivity contribution in [1.82, 2.24) is 5.01 Å². The van der Waals surface area contributed by atoms with Crippen LogP contribution in [0.25, 0.3) is 0 Å². The van der Waals surface area contributed by atoms with Crippen LogP contribution < -0.4 is 4.74 Å². The van der Waals surface area contributed by atoms with Crippen molar-refractivity contribution in [3.63, 3.8) is 0 Å². The van der Waals surface area contributed by atoms with Crippen molar-refractivity contribution in [1.29, 1.82) is 0 Å². The minimum atomic E-state index is 0.472. The van der Waals surface area contributed by atoms with E-state index in [1.165, 1.54) is 5.01 Å². The highest BCUT2D eigenvalue weighted by atomic mass is 16.5. The van der Waals surface area contributed by atoms with E-state index in [1.807, 2.05) is 0 Å².